The van der Waals surface area contributed by atoms with Gasteiger partial charge in [0.15, 0.2) is 5.92 Å². The van der Waals surface area contributed by atoms with Crippen LogP contribution >= 0.6 is 0 Å². The van der Waals surface area contributed by atoms with Crippen LogP contribution in [-0.2, 0) is 4.79 Å². The molecule has 1 spiro atoms. The van der Waals surface area contributed by atoms with E-state index in [2.05, 4.69) is 88.8 Å². The van der Waals surface area contributed by atoms with Crippen LogP contribution in [0.5, 0.6) is 0 Å². The molecule has 34 heavy (non-hydrogen) atoms. The highest BCUT2D eigenvalue weighted by Crippen LogP contribution is 2.42. The second kappa shape index (κ2) is 9.60. The molecule has 1 saturated heterocycles. The van der Waals surface area contributed by atoms with E-state index >= 15 is 0 Å². The lowest BCUT2D eigenvalue weighted by Gasteiger charge is -2.45. The number of carbonyl (C=O) groups is 1. The van der Waals surface area contributed by atoms with Gasteiger partial charge in [-0.1, -0.05) is 67.6 Å². The molecule has 0 aromatic heterocycles. The van der Waals surface area contributed by atoms with E-state index in [4.69, 9.17) is 4.99 Å². The summed E-state index contributed by atoms with van der Waals surface area (Å²) in [5.41, 5.74) is 2.02. The molecule has 0 bridgehead atoms. The van der Waals surface area contributed by atoms with E-state index in [1.807, 2.05) is 0 Å². The van der Waals surface area contributed by atoms with Crippen molar-refractivity contribution in [2.75, 3.05) is 26.2 Å². The van der Waals surface area contributed by atoms with Crippen molar-refractivity contribution >= 4 is 11.9 Å². The van der Waals surface area contributed by atoms with Gasteiger partial charge in [0.05, 0.1) is 17.6 Å². The zero-order valence-corrected chi connectivity index (χ0v) is 19.9. The van der Waals surface area contributed by atoms with Crippen molar-refractivity contribution in [3.8, 4) is 6.07 Å². The van der Waals surface area contributed by atoms with Crippen LogP contribution in [-0.4, -0.2) is 53.4 Å². The normalized spacial score (nSPS) is 27.9. The molecule has 2 fully saturated rings. The summed E-state index contributed by atoms with van der Waals surface area (Å²) in [6.07, 6.45) is 3.67. The number of benzene rings is 2. The average molecular weight is 456 g/mol. The highest BCUT2D eigenvalue weighted by atomic mass is 16.2. The summed E-state index contributed by atoms with van der Waals surface area (Å²) in [5, 5.41) is 12.7. The van der Waals surface area contributed by atoms with Gasteiger partial charge in [0.2, 0.25) is 11.9 Å². The fraction of sp³-hybridized carbons (Fsp3) is 0.464. The van der Waals surface area contributed by atoms with E-state index in [-0.39, 0.29) is 11.9 Å². The van der Waals surface area contributed by atoms with Crippen LogP contribution < -0.4 is 5.32 Å². The van der Waals surface area contributed by atoms with E-state index in [1.165, 1.54) is 11.1 Å². The fourth-order valence-electron chi connectivity index (χ4n) is 5.80. The SMILES string of the molecule is CC1CCC2(CC1)N=C(N1CCN(C(c3ccccc3)c3ccccc3)CC1)NC(=O)[C@H]2C#N. The Hall–Kier alpha value is -3.17. The first-order valence-electron chi connectivity index (χ1n) is 12.5. The van der Waals surface area contributed by atoms with Crippen LogP contribution in [0.1, 0.15) is 49.8 Å². The third-order valence-electron chi connectivity index (χ3n) is 7.84. The van der Waals surface area contributed by atoms with Crippen LogP contribution in [0.2, 0.25) is 0 Å². The Balaban J connectivity index is 1.35. The molecule has 2 aromatic carbocycles. The molecule has 2 heterocycles. The van der Waals surface area contributed by atoms with Gasteiger partial charge in [-0.25, -0.2) is 4.99 Å². The molecule has 1 aliphatic carbocycles. The minimum atomic E-state index is -0.689. The molecule has 2 aliphatic heterocycles. The zero-order valence-electron chi connectivity index (χ0n) is 19.9. The molecule has 6 nitrogen and oxygen atoms in total. The lowest BCUT2D eigenvalue weighted by molar-refractivity contribution is -0.125. The molecule has 1 N–H and O–H groups in total. The van der Waals surface area contributed by atoms with Gasteiger partial charge >= 0.3 is 0 Å². The Morgan fingerprint density at radius 3 is 2.06 bits per heavy atom. The predicted molar refractivity (Wildman–Crippen MR) is 133 cm³/mol. The molecule has 0 radical (unpaired) electrons. The van der Waals surface area contributed by atoms with E-state index in [0.29, 0.717) is 11.9 Å². The minimum absolute atomic E-state index is 0.184. The smallest absolute Gasteiger partial charge is 0.246 e. The summed E-state index contributed by atoms with van der Waals surface area (Å²) >= 11 is 0. The Morgan fingerprint density at radius 2 is 1.53 bits per heavy atom. The first-order chi connectivity index (χ1) is 16.6. The number of carbonyl (C=O) groups excluding carboxylic acids is 1. The average Bonchev–Trinajstić information content (AvgIpc) is 2.88. The summed E-state index contributed by atoms with van der Waals surface area (Å²) in [5.74, 6) is 0.424. The summed E-state index contributed by atoms with van der Waals surface area (Å²) in [6, 6.07) is 23.8. The van der Waals surface area contributed by atoms with Crippen LogP contribution in [0.4, 0.5) is 0 Å². The predicted octanol–water partition coefficient (Wildman–Crippen LogP) is 3.97. The first-order valence-corrected chi connectivity index (χ1v) is 12.5. The van der Waals surface area contributed by atoms with Gasteiger partial charge in [-0.3, -0.25) is 15.0 Å². The van der Waals surface area contributed by atoms with Gasteiger partial charge in [0.1, 0.15) is 0 Å². The zero-order chi connectivity index (χ0) is 23.5. The van der Waals surface area contributed by atoms with Gasteiger partial charge in [-0.15, -0.1) is 0 Å². The van der Waals surface area contributed by atoms with Gasteiger partial charge < -0.3 is 4.90 Å². The highest BCUT2D eigenvalue weighted by molar-refractivity contribution is 6.02. The molecule has 0 unspecified atom stereocenters. The number of aliphatic imine (C=N–C) groups is 1. The van der Waals surface area contributed by atoms with Crippen molar-refractivity contribution in [3.63, 3.8) is 0 Å². The standard InChI is InChI=1S/C28H33N5O/c1-21-12-14-28(15-13-21)24(20-29)26(34)30-27(31-28)33-18-16-32(17-19-33)25(22-8-4-2-5-9-22)23-10-6-3-7-11-23/h2-11,21,24-25H,12-19H2,1H3,(H,30,31,34)/t21?,24-,28?/m1/s1. The lowest BCUT2D eigenvalue weighted by atomic mass is 9.70. The Morgan fingerprint density at radius 1 is 0.971 bits per heavy atom. The van der Waals surface area contributed by atoms with Crippen molar-refractivity contribution < 1.29 is 4.79 Å². The maximum atomic E-state index is 12.9. The van der Waals surface area contributed by atoms with Crippen molar-refractivity contribution in [3.05, 3.63) is 71.8 Å². The van der Waals surface area contributed by atoms with Gasteiger partial charge in [-0.05, 0) is 42.7 Å². The number of nitrogens with zero attached hydrogens (tertiary/aromatic N) is 4. The number of hydrogen-bond donors (Lipinski definition) is 1. The third kappa shape index (κ3) is 4.33. The number of nitriles is 1. The molecular formula is C28H33N5O. The van der Waals surface area contributed by atoms with Crippen molar-refractivity contribution in [2.24, 2.45) is 16.8 Å². The summed E-state index contributed by atoms with van der Waals surface area (Å²) < 4.78 is 0. The van der Waals surface area contributed by atoms with E-state index in [1.54, 1.807) is 0 Å². The molecule has 3 aliphatic rings. The second-order valence-corrected chi connectivity index (χ2v) is 10.0. The number of hydrogen-bond acceptors (Lipinski definition) is 5. The highest BCUT2D eigenvalue weighted by Gasteiger charge is 2.49. The Kier molecular flexibility index (Phi) is 6.38. The molecule has 2 aromatic rings. The quantitative estimate of drug-likeness (QED) is 0.760. The minimum Gasteiger partial charge on any atom is -0.340 e. The van der Waals surface area contributed by atoms with Gasteiger partial charge in [0.25, 0.3) is 0 Å². The number of guanidine groups is 1. The van der Waals surface area contributed by atoms with E-state index in [0.717, 1.165) is 51.9 Å². The molecule has 1 amide bonds. The number of piperazine rings is 1. The fourth-order valence-corrected chi connectivity index (χ4v) is 5.80. The Labute approximate surface area is 202 Å². The maximum Gasteiger partial charge on any atom is 0.246 e. The van der Waals surface area contributed by atoms with E-state index in [9.17, 15) is 10.1 Å². The van der Waals surface area contributed by atoms with E-state index < -0.39 is 11.5 Å². The molecule has 176 valence electrons. The van der Waals surface area contributed by atoms with Crippen LogP contribution in [0.3, 0.4) is 0 Å². The number of amides is 1. The maximum absolute atomic E-state index is 12.9. The van der Waals surface area contributed by atoms with Crippen LogP contribution in [0.15, 0.2) is 65.7 Å². The molecule has 1 atom stereocenters. The molecule has 5 rings (SSSR count). The molecular weight excluding hydrogens is 422 g/mol. The number of rotatable bonds is 3. The van der Waals surface area contributed by atoms with Gasteiger partial charge in [-0.2, -0.15) is 5.26 Å². The summed E-state index contributed by atoms with van der Waals surface area (Å²) in [7, 11) is 0. The summed E-state index contributed by atoms with van der Waals surface area (Å²) in [6.45, 7) is 5.57. The first kappa shape index (κ1) is 22.6. The molecule has 1 saturated carbocycles. The third-order valence-corrected chi connectivity index (χ3v) is 7.84. The van der Waals surface area contributed by atoms with Crippen molar-refractivity contribution in [2.45, 2.75) is 44.2 Å². The van der Waals surface area contributed by atoms with Gasteiger partial charge in [0, 0.05) is 26.2 Å². The lowest BCUT2D eigenvalue weighted by Crippen LogP contribution is -2.61. The number of nitrogens with one attached hydrogen (secondary N) is 1. The Bertz CT molecular complexity index is 1020. The largest absolute Gasteiger partial charge is 0.340 e. The van der Waals surface area contributed by atoms with Crippen LogP contribution in [0.25, 0.3) is 0 Å². The van der Waals surface area contributed by atoms with Crippen LogP contribution in [0, 0.1) is 23.2 Å². The van der Waals surface area contributed by atoms with Crippen molar-refractivity contribution in [1.82, 2.24) is 15.1 Å². The van der Waals surface area contributed by atoms with Crippen molar-refractivity contribution in [1.29, 1.82) is 5.26 Å². The molecule has 6 heteroatoms. The second-order valence-electron chi connectivity index (χ2n) is 10.0. The monoisotopic (exact) mass is 455 g/mol. The summed E-state index contributed by atoms with van der Waals surface area (Å²) in [4.78, 5) is 22.7. The topological polar surface area (TPSA) is 71.7 Å².